The zero-order chi connectivity index (χ0) is 11.4. The van der Waals surface area contributed by atoms with Gasteiger partial charge in [-0.15, -0.1) is 0 Å². The minimum atomic E-state index is 0.596. The number of pyridine rings is 1. The van der Waals surface area contributed by atoms with Gasteiger partial charge in [0.2, 0.25) is 0 Å². The Bertz CT molecular complexity index is 335. The topological polar surface area (TPSA) is 28.2 Å². The monoisotopic (exact) mass is 283 g/mol. The second-order valence-electron chi connectivity index (χ2n) is 4.24. The molecule has 0 aliphatic carbocycles. The summed E-state index contributed by atoms with van der Waals surface area (Å²) in [6, 6.07) is 2.68. The Morgan fingerprint density at radius 2 is 2.19 bits per heavy atom. The smallest absolute Gasteiger partial charge is 0.0540 e. The van der Waals surface area contributed by atoms with Crippen molar-refractivity contribution >= 4 is 21.6 Å². The number of hydrogen-bond acceptors (Lipinski definition) is 3. The molecule has 3 nitrogen and oxygen atoms in total. The lowest BCUT2D eigenvalue weighted by molar-refractivity contribution is 0.229. The maximum Gasteiger partial charge on any atom is 0.0540 e. The van der Waals surface area contributed by atoms with Crippen LogP contribution >= 0.6 is 15.9 Å². The summed E-state index contributed by atoms with van der Waals surface area (Å²) < 4.78 is 1.03. The highest BCUT2D eigenvalue weighted by atomic mass is 79.9. The van der Waals surface area contributed by atoms with Crippen LogP contribution in [-0.4, -0.2) is 35.6 Å². The number of hydrogen-bond donors (Lipinski definition) is 1. The van der Waals surface area contributed by atoms with E-state index in [4.69, 9.17) is 0 Å². The molecule has 0 radical (unpaired) electrons. The molecule has 1 aromatic heterocycles. The molecule has 0 spiro atoms. The predicted molar refractivity (Wildman–Crippen MR) is 70.7 cm³/mol. The van der Waals surface area contributed by atoms with Gasteiger partial charge in [0, 0.05) is 29.8 Å². The van der Waals surface area contributed by atoms with Gasteiger partial charge in [-0.1, -0.05) is 6.92 Å². The Hall–Kier alpha value is -0.610. The first-order chi connectivity index (χ1) is 7.78. The summed E-state index contributed by atoms with van der Waals surface area (Å²) in [7, 11) is 0. The van der Waals surface area contributed by atoms with Gasteiger partial charge in [0.05, 0.1) is 11.9 Å². The van der Waals surface area contributed by atoms with Crippen LogP contribution < -0.4 is 5.32 Å². The van der Waals surface area contributed by atoms with Crippen LogP contribution in [0.25, 0.3) is 0 Å². The van der Waals surface area contributed by atoms with E-state index in [0.29, 0.717) is 6.04 Å². The fourth-order valence-electron chi connectivity index (χ4n) is 2.12. The number of nitrogens with zero attached hydrogens (tertiary/aromatic N) is 2. The summed E-state index contributed by atoms with van der Waals surface area (Å²) in [6.07, 6.45) is 6.14. The van der Waals surface area contributed by atoms with Gasteiger partial charge in [-0.05, 0) is 41.4 Å². The van der Waals surface area contributed by atoms with Crippen molar-refractivity contribution in [2.24, 2.45) is 0 Å². The van der Waals surface area contributed by atoms with E-state index in [1.165, 1.54) is 32.5 Å². The Morgan fingerprint density at radius 3 is 2.81 bits per heavy atom. The Kier molecular flexibility index (Phi) is 4.18. The van der Waals surface area contributed by atoms with Gasteiger partial charge in [-0.25, -0.2) is 0 Å². The van der Waals surface area contributed by atoms with Gasteiger partial charge >= 0.3 is 0 Å². The van der Waals surface area contributed by atoms with Crippen LogP contribution in [0.3, 0.4) is 0 Å². The van der Waals surface area contributed by atoms with E-state index in [1.807, 2.05) is 12.4 Å². The third-order valence-electron chi connectivity index (χ3n) is 3.11. The summed E-state index contributed by atoms with van der Waals surface area (Å²) in [6.45, 7) is 5.81. The van der Waals surface area contributed by atoms with Crippen molar-refractivity contribution in [3.8, 4) is 0 Å². The standard InChI is InChI=1S/C12H18BrN3/c1-2-16-5-3-11(4-6-16)15-12-7-10(13)8-14-9-12/h7-9,11,15H,2-6H2,1H3. The van der Waals surface area contributed by atoms with Crippen molar-refractivity contribution in [2.75, 3.05) is 25.0 Å². The number of piperidine rings is 1. The van der Waals surface area contributed by atoms with Crippen molar-refractivity contribution in [3.05, 3.63) is 22.9 Å². The Labute approximate surface area is 105 Å². The van der Waals surface area contributed by atoms with Crippen LogP contribution in [0.4, 0.5) is 5.69 Å². The van der Waals surface area contributed by atoms with Crippen LogP contribution in [0.2, 0.25) is 0 Å². The fourth-order valence-corrected chi connectivity index (χ4v) is 2.48. The number of rotatable bonds is 3. The third-order valence-corrected chi connectivity index (χ3v) is 3.54. The molecule has 2 heterocycles. The molecule has 0 aromatic carbocycles. The number of anilines is 1. The molecule has 0 saturated carbocycles. The summed E-state index contributed by atoms with van der Waals surface area (Å²) in [4.78, 5) is 6.66. The van der Waals surface area contributed by atoms with E-state index < -0.39 is 0 Å². The maximum atomic E-state index is 4.16. The van der Waals surface area contributed by atoms with E-state index >= 15 is 0 Å². The average molecular weight is 284 g/mol. The molecule has 1 aromatic rings. The van der Waals surface area contributed by atoms with Gasteiger partial charge in [0.1, 0.15) is 0 Å². The van der Waals surface area contributed by atoms with Gasteiger partial charge < -0.3 is 10.2 Å². The van der Waals surface area contributed by atoms with Crippen LogP contribution in [0.5, 0.6) is 0 Å². The van der Waals surface area contributed by atoms with E-state index in [-0.39, 0.29) is 0 Å². The molecule has 1 aliphatic rings. The average Bonchev–Trinajstić information content (AvgIpc) is 2.30. The van der Waals surface area contributed by atoms with Crippen molar-refractivity contribution in [1.29, 1.82) is 0 Å². The Morgan fingerprint density at radius 1 is 1.44 bits per heavy atom. The lowest BCUT2D eigenvalue weighted by atomic mass is 10.0. The minimum Gasteiger partial charge on any atom is -0.381 e. The first kappa shape index (κ1) is 11.9. The summed E-state index contributed by atoms with van der Waals surface area (Å²) >= 11 is 3.44. The predicted octanol–water partition coefficient (Wildman–Crippen LogP) is 2.74. The van der Waals surface area contributed by atoms with Crippen molar-refractivity contribution in [1.82, 2.24) is 9.88 Å². The molecule has 0 unspecified atom stereocenters. The highest BCUT2D eigenvalue weighted by Crippen LogP contribution is 2.18. The lowest BCUT2D eigenvalue weighted by Gasteiger charge is -2.31. The molecule has 16 heavy (non-hydrogen) atoms. The lowest BCUT2D eigenvalue weighted by Crippen LogP contribution is -2.38. The first-order valence-corrected chi connectivity index (χ1v) is 6.66. The Balaban J connectivity index is 1.87. The molecule has 1 fully saturated rings. The van der Waals surface area contributed by atoms with E-state index in [0.717, 1.165) is 10.2 Å². The van der Waals surface area contributed by atoms with Crippen LogP contribution in [0.1, 0.15) is 19.8 Å². The zero-order valence-electron chi connectivity index (χ0n) is 9.62. The molecule has 1 N–H and O–H groups in total. The summed E-state index contributed by atoms with van der Waals surface area (Å²) in [5.74, 6) is 0. The summed E-state index contributed by atoms with van der Waals surface area (Å²) in [5, 5.41) is 3.55. The second-order valence-corrected chi connectivity index (χ2v) is 5.16. The SMILES string of the molecule is CCN1CCC(Nc2cncc(Br)c2)CC1. The maximum absolute atomic E-state index is 4.16. The van der Waals surface area contributed by atoms with Gasteiger partial charge in [0.25, 0.3) is 0 Å². The second kappa shape index (κ2) is 5.64. The first-order valence-electron chi connectivity index (χ1n) is 5.87. The van der Waals surface area contributed by atoms with Crippen LogP contribution in [0, 0.1) is 0 Å². The van der Waals surface area contributed by atoms with Gasteiger partial charge in [-0.3, -0.25) is 4.98 Å². The molecule has 1 aliphatic heterocycles. The highest BCUT2D eigenvalue weighted by Gasteiger charge is 2.17. The van der Waals surface area contributed by atoms with E-state index in [2.05, 4.69) is 44.1 Å². The molecule has 4 heteroatoms. The minimum absolute atomic E-state index is 0.596. The van der Waals surface area contributed by atoms with Crippen molar-refractivity contribution in [3.63, 3.8) is 0 Å². The number of halogens is 1. The molecule has 0 bridgehead atoms. The molecule has 0 atom stereocenters. The molecule has 1 saturated heterocycles. The third kappa shape index (κ3) is 3.19. The van der Waals surface area contributed by atoms with Crippen molar-refractivity contribution in [2.45, 2.75) is 25.8 Å². The van der Waals surface area contributed by atoms with Gasteiger partial charge in [0.15, 0.2) is 0 Å². The number of likely N-dealkylation sites (tertiary alicyclic amines) is 1. The van der Waals surface area contributed by atoms with Crippen LogP contribution in [-0.2, 0) is 0 Å². The quantitative estimate of drug-likeness (QED) is 0.925. The highest BCUT2D eigenvalue weighted by molar-refractivity contribution is 9.10. The van der Waals surface area contributed by atoms with E-state index in [9.17, 15) is 0 Å². The normalized spacial score (nSPS) is 18.6. The summed E-state index contributed by atoms with van der Waals surface area (Å²) in [5.41, 5.74) is 1.12. The molecular formula is C12H18BrN3. The molecular weight excluding hydrogens is 266 g/mol. The number of nitrogens with one attached hydrogen (secondary N) is 1. The molecule has 2 rings (SSSR count). The zero-order valence-corrected chi connectivity index (χ0v) is 11.2. The number of aromatic nitrogens is 1. The molecule has 88 valence electrons. The molecule has 0 amide bonds. The van der Waals surface area contributed by atoms with Crippen LogP contribution in [0.15, 0.2) is 22.9 Å². The van der Waals surface area contributed by atoms with Gasteiger partial charge in [-0.2, -0.15) is 0 Å². The van der Waals surface area contributed by atoms with Crippen molar-refractivity contribution < 1.29 is 0 Å². The fraction of sp³-hybridized carbons (Fsp3) is 0.583. The van der Waals surface area contributed by atoms with E-state index in [1.54, 1.807) is 0 Å². The largest absolute Gasteiger partial charge is 0.381 e.